The normalized spacial score (nSPS) is 23.8. The highest BCUT2D eigenvalue weighted by molar-refractivity contribution is 6.36. The molecule has 5 heterocycles. The molecule has 3 aliphatic rings. The van der Waals surface area contributed by atoms with E-state index in [1.165, 1.54) is 0 Å². The van der Waals surface area contributed by atoms with Gasteiger partial charge in [0.1, 0.15) is 17.0 Å². The average molecular weight is 491 g/mol. The van der Waals surface area contributed by atoms with Crippen LogP contribution in [-0.2, 0) is 0 Å². The molecule has 3 saturated heterocycles. The summed E-state index contributed by atoms with van der Waals surface area (Å²) in [5.41, 5.74) is 1.13. The van der Waals surface area contributed by atoms with Crippen molar-refractivity contribution in [3.8, 4) is 11.3 Å². The van der Waals surface area contributed by atoms with Crippen molar-refractivity contribution in [2.75, 3.05) is 36.0 Å². The summed E-state index contributed by atoms with van der Waals surface area (Å²) in [6.07, 6.45) is 3.07. The molecule has 2 aromatic heterocycles. The summed E-state index contributed by atoms with van der Waals surface area (Å²) in [5, 5.41) is 16.7. The first-order valence-corrected chi connectivity index (χ1v) is 12.4. The number of halogens is 2. The highest BCUT2D eigenvalue weighted by atomic mass is 35.5. The van der Waals surface area contributed by atoms with Gasteiger partial charge in [-0.25, -0.2) is 9.37 Å². The van der Waals surface area contributed by atoms with Gasteiger partial charge in [-0.1, -0.05) is 41.9 Å². The van der Waals surface area contributed by atoms with E-state index in [2.05, 4.69) is 25.1 Å². The number of fused-ring (bicyclic) bond motifs is 4. The van der Waals surface area contributed by atoms with Crippen LogP contribution in [0.2, 0.25) is 5.02 Å². The third-order valence-electron chi connectivity index (χ3n) is 7.50. The Hall–Kier alpha value is -3.07. The molecule has 3 atom stereocenters. The quantitative estimate of drug-likeness (QED) is 0.453. The van der Waals surface area contributed by atoms with E-state index in [-0.39, 0.29) is 29.4 Å². The van der Waals surface area contributed by atoms with Crippen molar-refractivity contribution >= 4 is 45.0 Å². The minimum Gasteiger partial charge on any atom is -0.391 e. The van der Waals surface area contributed by atoms with E-state index in [0.717, 1.165) is 30.3 Å². The zero-order valence-electron chi connectivity index (χ0n) is 19.0. The second-order valence-corrected chi connectivity index (χ2v) is 10.1. The van der Waals surface area contributed by atoms with Crippen LogP contribution in [0, 0.1) is 5.82 Å². The largest absolute Gasteiger partial charge is 0.391 e. The van der Waals surface area contributed by atoms with Gasteiger partial charge in [0.2, 0.25) is 5.95 Å². The summed E-state index contributed by atoms with van der Waals surface area (Å²) >= 11 is 6.53. The predicted octanol–water partition coefficient (Wildman–Crippen LogP) is 3.76. The molecule has 9 heteroatoms. The zero-order chi connectivity index (χ0) is 23.7. The highest BCUT2D eigenvalue weighted by Crippen LogP contribution is 2.38. The van der Waals surface area contributed by atoms with Gasteiger partial charge in [-0.05, 0) is 24.3 Å². The number of benzene rings is 2. The summed E-state index contributed by atoms with van der Waals surface area (Å²) in [5.74, 6) is 0.743. The van der Waals surface area contributed by atoms with Crippen LogP contribution in [-0.4, -0.2) is 64.4 Å². The maximum absolute atomic E-state index is 16.3. The Balaban J connectivity index is 1.42. The molecule has 178 valence electrons. The van der Waals surface area contributed by atoms with E-state index < -0.39 is 5.82 Å². The monoisotopic (exact) mass is 490 g/mol. The molecule has 0 aliphatic carbocycles. The number of pyridine rings is 1. The molecule has 35 heavy (non-hydrogen) atoms. The van der Waals surface area contributed by atoms with E-state index in [9.17, 15) is 5.11 Å². The number of nitrogens with one attached hydrogen (secondary N) is 1. The number of aliphatic hydroxyl groups is 1. The highest BCUT2D eigenvalue weighted by Gasteiger charge is 2.40. The lowest BCUT2D eigenvalue weighted by atomic mass is 10.0. The molecular formula is C26H24ClFN6O. The third-order valence-corrected chi connectivity index (χ3v) is 7.81. The van der Waals surface area contributed by atoms with Crippen LogP contribution in [0.15, 0.2) is 42.6 Å². The minimum absolute atomic E-state index is 0.0267. The molecule has 0 amide bonds. The molecule has 3 fully saturated rings. The average Bonchev–Trinajstić information content (AvgIpc) is 3.08. The summed E-state index contributed by atoms with van der Waals surface area (Å²) in [7, 11) is 0. The number of hydrogen-bond donors (Lipinski definition) is 2. The van der Waals surface area contributed by atoms with Gasteiger partial charge in [0.25, 0.3) is 0 Å². The minimum atomic E-state index is -0.474. The Kier molecular flexibility index (Phi) is 4.84. The first-order chi connectivity index (χ1) is 17.1. The lowest BCUT2D eigenvalue weighted by Crippen LogP contribution is -2.53. The summed E-state index contributed by atoms with van der Waals surface area (Å²) in [6.45, 7) is 3.01. The maximum Gasteiger partial charge on any atom is 0.228 e. The summed E-state index contributed by atoms with van der Waals surface area (Å²) < 4.78 is 16.3. The second kappa shape index (κ2) is 7.98. The smallest absolute Gasteiger partial charge is 0.228 e. The number of nitrogens with zero attached hydrogens (tertiary/aromatic N) is 5. The maximum atomic E-state index is 16.3. The molecule has 7 nitrogen and oxygen atoms in total. The van der Waals surface area contributed by atoms with Crippen molar-refractivity contribution in [3.63, 3.8) is 0 Å². The van der Waals surface area contributed by atoms with Crippen LogP contribution in [0.5, 0.6) is 0 Å². The fourth-order valence-corrected chi connectivity index (χ4v) is 5.88. The zero-order valence-corrected chi connectivity index (χ0v) is 19.7. The first-order valence-electron chi connectivity index (χ1n) is 12.0. The molecule has 1 unspecified atom stereocenters. The van der Waals surface area contributed by atoms with E-state index in [4.69, 9.17) is 16.6 Å². The van der Waals surface area contributed by atoms with Gasteiger partial charge in [0, 0.05) is 54.4 Å². The summed E-state index contributed by atoms with van der Waals surface area (Å²) in [4.78, 5) is 18.4. The molecule has 0 saturated carbocycles. The Bertz CT molecular complexity index is 1470. The molecule has 0 spiro atoms. The number of rotatable bonds is 3. The van der Waals surface area contributed by atoms with Gasteiger partial charge in [0.15, 0.2) is 5.82 Å². The van der Waals surface area contributed by atoms with Crippen LogP contribution in [0.1, 0.15) is 12.8 Å². The Labute approximate surface area is 206 Å². The molecule has 0 radical (unpaired) electrons. The number of aromatic nitrogens is 3. The number of anilines is 2. The molecule has 2 aromatic carbocycles. The van der Waals surface area contributed by atoms with Gasteiger partial charge in [-0.2, -0.15) is 4.98 Å². The van der Waals surface area contributed by atoms with Crippen molar-refractivity contribution in [2.24, 2.45) is 0 Å². The molecule has 2 bridgehead atoms. The lowest BCUT2D eigenvalue weighted by Gasteiger charge is -2.36. The fraction of sp³-hybridized carbons (Fsp3) is 0.346. The topological polar surface area (TPSA) is 77.4 Å². The van der Waals surface area contributed by atoms with Gasteiger partial charge in [-0.3, -0.25) is 4.98 Å². The first kappa shape index (κ1) is 21.2. The van der Waals surface area contributed by atoms with Crippen LogP contribution >= 0.6 is 11.6 Å². The Morgan fingerprint density at radius 3 is 2.66 bits per heavy atom. The SMILES string of the molecule is O[C@@H]1C[C@@H]2CN(c3nc(N4CCC4)nc4c(F)c(-c5cccc6cccc(Cl)c56)ncc34)CC1N2. The van der Waals surface area contributed by atoms with Gasteiger partial charge in [0.05, 0.1) is 17.5 Å². The predicted molar refractivity (Wildman–Crippen MR) is 136 cm³/mol. The van der Waals surface area contributed by atoms with E-state index in [1.807, 2.05) is 36.4 Å². The van der Waals surface area contributed by atoms with E-state index in [1.54, 1.807) is 6.20 Å². The molecule has 4 aromatic rings. The van der Waals surface area contributed by atoms with Gasteiger partial charge >= 0.3 is 0 Å². The molecule has 2 N–H and O–H groups in total. The second-order valence-electron chi connectivity index (χ2n) is 9.69. The fourth-order valence-electron chi connectivity index (χ4n) is 5.60. The Morgan fingerprint density at radius 2 is 1.89 bits per heavy atom. The molecule has 7 rings (SSSR count). The number of piperazine rings is 1. The van der Waals surface area contributed by atoms with Gasteiger partial charge in [-0.15, -0.1) is 0 Å². The van der Waals surface area contributed by atoms with Crippen LogP contribution in [0.4, 0.5) is 16.2 Å². The number of aliphatic hydroxyl groups excluding tert-OH is 1. The van der Waals surface area contributed by atoms with E-state index >= 15 is 4.39 Å². The van der Waals surface area contributed by atoms with Crippen molar-refractivity contribution in [1.29, 1.82) is 0 Å². The third kappa shape index (κ3) is 3.35. The summed E-state index contributed by atoms with van der Waals surface area (Å²) in [6, 6.07) is 11.5. The van der Waals surface area contributed by atoms with Crippen molar-refractivity contribution in [1.82, 2.24) is 20.3 Å². The Morgan fingerprint density at radius 1 is 1.06 bits per heavy atom. The van der Waals surface area contributed by atoms with Crippen LogP contribution in [0.25, 0.3) is 32.9 Å². The van der Waals surface area contributed by atoms with Crippen molar-refractivity contribution in [2.45, 2.75) is 31.0 Å². The van der Waals surface area contributed by atoms with Crippen LogP contribution in [0.3, 0.4) is 0 Å². The number of hydrogen-bond acceptors (Lipinski definition) is 7. The van der Waals surface area contributed by atoms with E-state index in [0.29, 0.717) is 47.2 Å². The van der Waals surface area contributed by atoms with Crippen molar-refractivity contribution in [3.05, 3.63) is 53.4 Å². The lowest BCUT2D eigenvalue weighted by molar-refractivity contribution is 0.163. The van der Waals surface area contributed by atoms with Crippen LogP contribution < -0.4 is 15.1 Å². The standard InChI is InChI=1S/C26H24ClFN6O/c27-18-7-2-5-14-4-1-6-16(21(14)18)23-22(28)24-17(11-29-23)25(32-26(31-24)33-8-3-9-33)34-12-15-10-20(35)19(13-34)30-15/h1-2,4-7,11,15,19-20,30,35H,3,8-10,12-13H2/t15-,19?,20-/m1/s1. The molecule has 3 aliphatic heterocycles. The molecular weight excluding hydrogens is 467 g/mol. The van der Waals surface area contributed by atoms with Crippen molar-refractivity contribution < 1.29 is 9.50 Å². The van der Waals surface area contributed by atoms with Gasteiger partial charge < -0.3 is 20.2 Å².